The van der Waals surface area contributed by atoms with Gasteiger partial charge in [0.1, 0.15) is 0 Å². The van der Waals surface area contributed by atoms with Gasteiger partial charge in [-0.05, 0) is 56.0 Å². The summed E-state index contributed by atoms with van der Waals surface area (Å²) in [6.45, 7) is 6.24. The summed E-state index contributed by atoms with van der Waals surface area (Å²) in [5.74, 6) is -0.278. The van der Waals surface area contributed by atoms with E-state index in [2.05, 4.69) is 10.1 Å². The van der Waals surface area contributed by atoms with Gasteiger partial charge in [-0.2, -0.15) is 14.4 Å². The van der Waals surface area contributed by atoms with E-state index in [4.69, 9.17) is 11.6 Å². The van der Waals surface area contributed by atoms with Crippen LogP contribution in [0.5, 0.6) is 0 Å². The third kappa shape index (κ3) is 4.57. The summed E-state index contributed by atoms with van der Waals surface area (Å²) in [5, 5.41) is 5.50. The van der Waals surface area contributed by atoms with E-state index in [1.807, 2.05) is 35.7 Å². The zero-order valence-corrected chi connectivity index (χ0v) is 19.5. The quantitative estimate of drug-likeness (QED) is 0.626. The fraction of sp³-hybridized carbons (Fsp3) is 0.350. The van der Waals surface area contributed by atoms with E-state index in [0.717, 1.165) is 17.8 Å². The molecule has 2 aliphatic rings. The molecule has 1 saturated heterocycles. The number of aromatic nitrogens is 2. The maximum atomic E-state index is 12.9. The minimum atomic E-state index is -3.58. The van der Waals surface area contributed by atoms with Crippen molar-refractivity contribution in [1.29, 1.82) is 0 Å². The van der Waals surface area contributed by atoms with Crippen LogP contribution in [0.15, 0.2) is 45.3 Å². The van der Waals surface area contributed by atoms with Crippen LogP contribution in [0.1, 0.15) is 18.2 Å². The summed E-state index contributed by atoms with van der Waals surface area (Å²) in [7, 11) is -3.58. The van der Waals surface area contributed by atoms with Crippen LogP contribution >= 0.6 is 23.4 Å². The molecule has 0 bridgehead atoms. The molecule has 31 heavy (non-hydrogen) atoms. The fourth-order valence-corrected chi connectivity index (χ4v) is 5.89. The van der Waals surface area contributed by atoms with Crippen molar-refractivity contribution >= 4 is 50.5 Å². The standard InChI is InChI=1S/C20H22ClN5O3S2/c1-3-25-13-15(14(2)23-25)12-18-19(27)22-20(30-18)24-8-10-26(11-9-24)31(28,29)17-6-4-16(21)5-7-17/h4-7,12-13H,3,8-11H2,1-2H3/b18-12+. The lowest BCUT2D eigenvalue weighted by Crippen LogP contribution is -2.49. The summed E-state index contributed by atoms with van der Waals surface area (Å²) in [5.41, 5.74) is 1.75. The number of hydrogen-bond donors (Lipinski definition) is 0. The largest absolute Gasteiger partial charge is 0.348 e. The van der Waals surface area contributed by atoms with Crippen LogP contribution in [-0.4, -0.2) is 64.7 Å². The fourth-order valence-electron chi connectivity index (χ4n) is 3.39. The van der Waals surface area contributed by atoms with Crippen molar-refractivity contribution in [2.75, 3.05) is 26.2 Å². The van der Waals surface area contributed by atoms with Gasteiger partial charge in [0.25, 0.3) is 5.91 Å². The number of amides is 1. The molecule has 3 heterocycles. The van der Waals surface area contributed by atoms with Gasteiger partial charge in [-0.15, -0.1) is 0 Å². The Bertz CT molecular complexity index is 1160. The number of amidine groups is 1. The van der Waals surface area contributed by atoms with Crippen LogP contribution in [0, 0.1) is 6.92 Å². The lowest BCUT2D eigenvalue weighted by Gasteiger charge is -2.34. The molecule has 0 spiro atoms. The Labute approximate surface area is 190 Å². The third-order valence-corrected chi connectivity index (χ3v) is 8.37. The second-order valence-electron chi connectivity index (χ2n) is 7.18. The van der Waals surface area contributed by atoms with E-state index in [9.17, 15) is 13.2 Å². The molecular weight excluding hydrogens is 458 g/mol. The van der Waals surface area contributed by atoms with Crippen molar-refractivity contribution in [3.63, 3.8) is 0 Å². The minimum Gasteiger partial charge on any atom is -0.348 e. The van der Waals surface area contributed by atoms with Crippen LogP contribution in [0.4, 0.5) is 0 Å². The van der Waals surface area contributed by atoms with Crippen LogP contribution < -0.4 is 0 Å². The third-order valence-electron chi connectivity index (χ3n) is 5.16. The number of halogens is 1. The average molecular weight is 480 g/mol. The molecule has 1 aromatic carbocycles. The molecule has 8 nitrogen and oxygen atoms in total. The summed E-state index contributed by atoms with van der Waals surface area (Å²) < 4.78 is 29.0. The molecule has 0 radical (unpaired) electrons. The molecule has 1 fully saturated rings. The second kappa shape index (κ2) is 8.78. The Morgan fingerprint density at radius 1 is 1.16 bits per heavy atom. The topological polar surface area (TPSA) is 87.9 Å². The molecule has 4 rings (SSSR count). The molecule has 0 atom stereocenters. The van der Waals surface area contributed by atoms with Gasteiger partial charge in [-0.25, -0.2) is 8.42 Å². The number of nitrogens with zero attached hydrogens (tertiary/aromatic N) is 5. The predicted molar refractivity (Wildman–Crippen MR) is 122 cm³/mol. The highest BCUT2D eigenvalue weighted by Gasteiger charge is 2.32. The molecule has 0 unspecified atom stereocenters. The van der Waals surface area contributed by atoms with E-state index >= 15 is 0 Å². The SMILES string of the molecule is CCn1cc(/C=C2/SC(N3CCN(S(=O)(=O)c4ccc(Cl)cc4)CC3)=NC2=O)c(C)n1. The number of benzene rings is 1. The molecule has 0 aliphatic carbocycles. The highest BCUT2D eigenvalue weighted by Crippen LogP contribution is 2.31. The molecule has 164 valence electrons. The molecule has 2 aliphatic heterocycles. The van der Waals surface area contributed by atoms with Gasteiger partial charge in [0, 0.05) is 49.5 Å². The highest BCUT2D eigenvalue weighted by atomic mass is 35.5. The first kappa shape index (κ1) is 22.1. The zero-order valence-electron chi connectivity index (χ0n) is 17.2. The van der Waals surface area contributed by atoms with Gasteiger partial charge in [0.05, 0.1) is 15.5 Å². The lowest BCUT2D eigenvalue weighted by molar-refractivity contribution is -0.113. The number of hydrogen-bond acceptors (Lipinski definition) is 6. The molecule has 1 aromatic heterocycles. The van der Waals surface area contributed by atoms with Gasteiger partial charge in [0.2, 0.25) is 10.0 Å². The number of carbonyl (C=O) groups excluding carboxylic acids is 1. The number of aryl methyl sites for hydroxylation is 2. The number of piperazine rings is 1. The Balaban J connectivity index is 1.42. The number of carbonyl (C=O) groups is 1. The van der Waals surface area contributed by atoms with Gasteiger partial charge in [-0.1, -0.05) is 11.6 Å². The van der Waals surface area contributed by atoms with Crippen molar-refractivity contribution in [3.8, 4) is 0 Å². The molecule has 1 amide bonds. The molecule has 2 aromatic rings. The van der Waals surface area contributed by atoms with Crippen LogP contribution in [-0.2, 0) is 21.4 Å². The summed E-state index contributed by atoms with van der Waals surface area (Å²) in [6.07, 6.45) is 3.73. The first-order chi connectivity index (χ1) is 14.8. The van der Waals surface area contributed by atoms with Crippen LogP contribution in [0.3, 0.4) is 0 Å². The first-order valence-corrected chi connectivity index (χ1v) is 12.5. The highest BCUT2D eigenvalue weighted by molar-refractivity contribution is 8.18. The van der Waals surface area contributed by atoms with Crippen molar-refractivity contribution in [2.45, 2.75) is 25.3 Å². The van der Waals surface area contributed by atoms with Gasteiger partial charge in [0.15, 0.2) is 5.17 Å². The Hall–Kier alpha value is -2.14. The number of rotatable bonds is 4. The van der Waals surface area contributed by atoms with E-state index in [-0.39, 0.29) is 10.8 Å². The first-order valence-electron chi connectivity index (χ1n) is 9.85. The average Bonchev–Trinajstić information content (AvgIpc) is 3.31. The normalized spacial score (nSPS) is 19.3. The smallest absolute Gasteiger partial charge is 0.286 e. The van der Waals surface area contributed by atoms with Crippen molar-refractivity contribution in [3.05, 3.63) is 51.6 Å². The van der Waals surface area contributed by atoms with Gasteiger partial charge >= 0.3 is 0 Å². The molecular formula is C20H22ClN5O3S2. The second-order valence-corrected chi connectivity index (χ2v) is 10.6. The van der Waals surface area contributed by atoms with Crippen LogP contribution in [0.2, 0.25) is 5.02 Å². The zero-order chi connectivity index (χ0) is 22.2. The Morgan fingerprint density at radius 3 is 2.45 bits per heavy atom. The van der Waals surface area contributed by atoms with Crippen LogP contribution in [0.25, 0.3) is 6.08 Å². The molecule has 0 N–H and O–H groups in total. The Kier molecular flexibility index (Phi) is 6.25. The maximum Gasteiger partial charge on any atom is 0.286 e. The Morgan fingerprint density at radius 2 is 1.84 bits per heavy atom. The molecule has 0 saturated carbocycles. The minimum absolute atomic E-state index is 0.223. The summed E-state index contributed by atoms with van der Waals surface area (Å²) >= 11 is 7.18. The lowest BCUT2D eigenvalue weighted by atomic mass is 10.2. The van der Waals surface area contributed by atoms with Gasteiger partial charge in [-0.3, -0.25) is 9.48 Å². The van der Waals surface area contributed by atoms with Gasteiger partial charge < -0.3 is 4.90 Å². The monoisotopic (exact) mass is 479 g/mol. The summed E-state index contributed by atoms with van der Waals surface area (Å²) in [4.78, 5) is 19.3. The number of aliphatic imine (C=N–C) groups is 1. The summed E-state index contributed by atoms with van der Waals surface area (Å²) in [6, 6.07) is 6.17. The van der Waals surface area contributed by atoms with Crippen molar-refractivity contribution in [2.24, 2.45) is 4.99 Å². The van der Waals surface area contributed by atoms with E-state index in [1.165, 1.54) is 28.2 Å². The molecule has 11 heteroatoms. The van der Waals surface area contributed by atoms with Crippen molar-refractivity contribution < 1.29 is 13.2 Å². The number of thioether (sulfide) groups is 1. The van der Waals surface area contributed by atoms with E-state index in [0.29, 0.717) is 41.3 Å². The van der Waals surface area contributed by atoms with Crippen molar-refractivity contribution in [1.82, 2.24) is 19.0 Å². The maximum absolute atomic E-state index is 12.9. The predicted octanol–water partition coefficient (Wildman–Crippen LogP) is 2.84. The van der Waals surface area contributed by atoms with E-state index < -0.39 is 10.0 Å². The number of sulfonamides is 1. The van der Waals surface area contributed by atoms with E-state index in [1.54, 1.807) is 12.1 Å².